The van der Waals surface area contributed by atoms with E-state index in [0.29, 0.717) is 23.4 Å². The van der Waals surface area contributed by atoms with Gasteiger partial charge in [0, 0.05) is 23.8 Å². The lowest BCUT2D eigenvalue weighted by Crippen LogP contribution is -2.46. The molecule has 1 aromatic rings. The Kier molecular flexibility index (Phi) is 3.91. The summed E-state index contributed by atoms with van der Waals surface area (Å²) in [4.78, 5) is 2.24. The summed E-state index contributed by atoms with van der Waals surface area (Å²) in [5, 5.41) is 9.38. The fourth-order valence-electron chi connectivity index (χ4n) is 3.01. The molecule has 2 rings (SSSR count). The summed E-state index contributed by atoms with van der Waals surface area (Å²) in [7, 11) is 0. The van der Waals surface area contributed by atoms with Gasteiger partial charge in [-0.15, -0.1) is 0 Å². The average Bonchev–Trinajstić information content (AvgIpc) is 2.33. The molecule has 1 aliphatic rings. The number of aliphatic hydroxyl groups excluding tert-OH is 1. The Morgan fingerprint density at radius 1 is 1.33 bits per heavy atom. The van der Waals surface area contributed by atoms with Gasteiger partial charge in [0.25, 0.3) is 0 Å². The summed E-state index contributed by atoms with van der Waals surface area (Å²) in [6, 6.07) is 5.43. The molecule has 0 amide bonds. The van der Waals surface area contributed by atoms with Crippen LogP contribution in [0.4, 0.5) is 10.1 Å². The molecule has 0 saturated carbocycles. The minimum Gasteiger partial charge on any atom is -0.391 e. The number of benzene rings is 1. The molecule has 0 radical (unpaired) electrons. The van der Waals surface area contributed by atoms with Crippen molar-refractivity contribution in [3.63, 3.8) is 0 Å². The molecule has 1 fully saturated rings. The first-order chi connectivity index (χ1) is 8.54. The van der Waals surface area contributed by atoms with E-state index in [-0.39, 0.29) is 12.4 Å². The standard InChI is InChI=1S/C15H22FNO/c1-10-7-11(2)12(3)17(8-10)15-6-4-5-14(16)13(15)9-18/h4-6,10-12,18H,7-9H2,1-3H3. The van der Waals surface area contributed by atoms with Gasteiger partial charge in [0.15, 0.2) is 0 Å². The Bertz CT molecular complexity index is 421. The maximum absolute atomic E-state index is 13.7. The second-order valence-electron chi connectivity index (χ2n) is 5.61. The molecule has 3 atom stereocenters. The van der Waals surface area contributed by atoms with Gasteiger partial charge in [0.1, 0.15) is 5.82 Å². The monoisotopic (exact) mass is 251 g/mol. The van der Waals surface area contributed by atoms with E-state index in [0.717, 1.165) is 12.2 Å². The Morgan fingerprint density at radius 3 is 2.72 bits per heavy atom. The highest BCUT2D eigenvalue weighted by Crippen LogP contribution is 2.33. The minimum atomic E-state index is -0.312. The van der Waals surface area contributed by atoms with Crippen molar-refractivity contribution >= 4 is 5.69 Å². The van der Waals surface area contributed by atoms with Crippen LogP contribution in [-0.4, -0.2) is 17.7 Å². The molecule has 0 aliphatic carbocycles. The maximum Gasteiger partial charge on any atom is 0.130 e. The molecule has 3 heteroatoms. The van der Waals surface area contributed by atoms with Crippen molar-refractivity contribution < 1.29 is 9.50 Å². The maximum atomic E-state index is 13.7. The first kappa shape index (κ1) is 13.3. The first-order valence-electron chi connectivity index (χ1n) is 6.69. The summed E-state index contributed by atoms with van der Waals surface area (Å²) < 4.78 is 13.7. The van der Waals surface area contributed by atoms with Crippen LogP contribution in [0.3, 0.4) is 0 Å². The predicted molar refractivity (Wildman–Crippen MR) is 72.1 cm³/mol. The molecular weight excluding hydrogens is 229 g/mol. The quantitative estimate of drug-likeness (QED) is 0.872. The van der Waals surface area contributed by atoms with Crippen LogP contribution in [0.15, 0.2) is 18.2 Å². The van der Waals surface area contributed by atoms with Crippen molar-refractivity contribution in [2.75, 3.05) is 11.4 Å². The van der Waals surface area contributed by atoms with Crippen LogP contribution >= 0.6 is 0 Å². The van der Waals surface area contributed by atoms with Crippen LogP contribution < -0.4 is 4.90 Å². The highest BCUT2D eigenvalue weighted by molar-refractivity contribution is 5.55. The molecule has 18 heavy (non-hydrogen) atoms. The molecule has 1 heterocycles. The molecule has 2 nitrogen and oxygen atoms in total. The van der Waals surface area contributed by atoms with Gasteiger partial charge in [-0.3, -0.25) is 0 Å². The van der Waals surface area contributed by atoms with Crippen LogP contribution in [0.5, 0.6) is 0 Å². The predicted octanol–water partition coefficient (Wildman–Crippen LogP) is 3.19. The topological polar surface area (TPSA) is 23.5 Å². The third-order valence-electron chi connectivity index (χ3n) is 4.16. The summed E-state index contributed by atoms with van der Waals surface area (Å²) in [5.74, 6) is 0.877. The van der Waals surface area contributed by atoms with E-state index in [9.17, 15) is 9.50 Å². The van der Waals surface area contributed by atoms with E-state index in [1.54, 1.807) is 6.07 Å². The van der Waals surface area contributed by atoms with Crippen molar-refractivity contribution in [1.82, 2.24) is 0 Å². The summed E-state index contributed by atoms with van der Waals surface area (Å²) >= 11 is 0. The highest BCUT2D eigenvalue weighted by Gasteiger charge is 2.30. The van der Waals surface area contributed by atoms with E-state index in [1.165, 1.54) is 12.5 Å². The summed E-state index contributed by atoms with van der Waals surface area (Å²) in [5.41, 5.74) is 1.27. The normalized spacial score (nSPS) is 28.5. The van der Waals surface area contributed by atoms with Crippen LogP contribution in [0.25, 0.3) is 0 Å². The van der Waals surface area contributed by atoms with Gasteiger partial charge < -0.3 is 10.0 Å². The third-order valence-corrected chi connectivity index (χ3v) is 4.16. The molecule has 1 aromatic carbocycles. The highest BCUT2D eigenvalue weighted by atomic mass is 19.1. The van der Waals surface area contributed by atoms with E-state index >= 15 is 0 Å². The van der Waals surface area contributed by atoms with Crippen LogP contribution in [0, 0.1) is 17.7 Å². The lowest BCUT2D eigenvalue weighted by Gasteiger charge is -2.43. The smallest absolute Gasteiger partial charge is 0.130 e. The molecule has 1 saturated heterocycles. The van der Waals surface area contributed by atoms with Gasteiger partial charge in [-0.2, -0.15) is 0 Å². The van der Waals surface area contributed by atoms with Crippen LogP contribution in [-0.2, 0) is 6.61 Å². The largest absolute Gasteiger partial charge is 0.391 e. The van der Waals surface area contributed by atoms with Crippen molar-refractivity contribution in [2.24, 2.45) is 11.8 Å². The molecule has 1 N–H and O–H groups in total. The zero-order valence-electron chi connectivity index (χ0n) is 11.4. The molecule has 0 bridgehead atoms. The van der Waals surface area contributed by atoms with Crippen molar-refractivity contribution in [3.8, 4) is 0 Å². The Labute approximate surface area is 108 Å². The lowest BCUT2D eigenvalue weighted by atomic mass is 9.85. The number of aliphatic hydroxyl groups is 1. The van der Waals surface area contributed by atoms with E-state index in [1.807, 2.05) is 6.07 Å². The SMILES string of the molecule is CC1CC(C)C(C)N(c2cccc(F)c2CO)C1. The first-order valence-corrected chi connectivity index (χ1v) is 6.69. The fourth-order valence-corrected chi connectivity index (χ4v) is 3.01. The van der Waals surface area contributed by atoms with Gasteiger partial charge in [0.2, 0.25) is 0 Å². The molecule has 3 unspecified atom stereocenters. The molecule has 1 aliphatic heterocycles. The van der Waals surface area contributed by atoms with Crippen molar-refractivity contribution in [2.45, 2.75) is 39.8 Å². The second kappa shape index (κ2) is 5.27. The van der Waals surface area contributed by atoms with E-state index in [4.69, 9.17) is 0 Å². The Balaban J connectivity index is 2.38. The second-order valence-corrected chi connectivity index (χ2v) is 5.61. The van der Waals surface area contributed by atoms with Crippen molar-refractivity contribution in [3.05, 3.63) is 29.6 Å². The number of hydrogen-bond donors (Lipinski definition) is 1. The van der Waals surface area contributed by atoms with Gasteiger partial charge >= 0.3 is 0 Å². The molecular formula is C15H22FNO. The van der Waals surface area contributed by atoms with Crippen molar-refractivity contribution in [1.29, 1.82) is 0 Å². The molecule has 100 valence electrons. The summed E-state index contributed by atoms with van der Waals surface area (Å²) in [6.45, 7) is 7.34. The number of halogens is 1. The van der Waals surface area contributed by atoms with Gasteiger partial charge in [-0.05, 0) is 37.3 Å². The zero-order chi connectivity index (χ0) is 13.3. The van der Waals surface area contributed by atoms with E-state index < -0.39 is 0 Å². The number of anilines is 1. The van der Waals surface area contributed by atoms with Gasteiger partial charge in [-0.25, -0.2) is 4.39 Å². The average molecular weight is 251 g/mol. The lowest BCUT2D eigenvalue weighted by molar-refractivity contribution is 0.270. The van der Waals surface area contributed by atoms with Crippen LogP contribution in [0.2, 0.25) is 0 Å². The van der Waals surface area contributed by atoms with Gasteiger partial charge in [0.05, 0.1) is 6.61 Å². The number of nitrogens with zero attached hydrogens (tertiary/aromatic N) is 1. The zero-order valence-corrected chi connectivity index (χ0v) is 11.4. The number of rotatable bonds is 2. The fraction of sp³-hybridized carbons (Fsp3) is 0.600. The Morgan fingerprint density at radius 2 is 2.06 bits per heavy atom. The Hall–Kier alpha value is -1.09. The number of piperidine rings is 1. The molecule has 0 aromatic heterocycles. The van der Waals surface area contributed by atoms with Crippen LogP contribution in [0.1, 0.15) is 32.8 Å². The number of hydrogen-bond acceptors (Lipinski definition) is 2. The minimum absolute atomic E-state index is 0.242. The molecule has 0 spiro atoms. The third kappa shape index (κ3) is 2.37. The van der Waals surface area contributed by atoms with Gasteiger partial charge in [-0.1, -0.05) is 19.9 Å². The van der Waals surface area contributed by atoms with E-state index in [2.05, 4.69) is 25.7 Å². The summed E-state index contributed by atoms with van der Waals surface area (Å²) in [6.07, 6.45) is 1.21.